The van der Waals surface area contributed by atoms with Gasteiger partial charge >= 0.3 is 0 Å². The number of aromatic amines is 1. The molecule has 1 N–H and O–H groups in total. The zero-order chi connectivity index (χ0) is 17.2. The van der Waals surface area contributed by atoms with Gasteiger partial charge in [-0.15, -0.1) is 22.7 Å². The maximum absolute atomic E-state index is 12.6. The smallest absolute Gasteiger partial charge is 0.235 e. The van der Waals surface area contributed by atoms with E-state index in [0.717, 1.165) is 47.4 Å². The molecule has 0 radical (unpaired) electrons. The van der Waals surface area contributed by atoms with Crippen LogP contribution in [-0.4, -0.2) is 39.1 Å². The number of thioether (sulfide) groups is 1. The van der Waals surface area contributed by atoms with Crippen LogP contribution in [0.25, 0.3) is 21.1 Å². The Kier molecular flexibility index (Phi) is 4.96. The van der Waals surface area contributed by atoms with Crippen molar-refractivity contribution in [3.8, 4) is 21.1 Å². The van der Waals surface area contributed by atoms with Crippen molar-refractivity contribution < 1.29 is 4.79 Å². The van der Waals surface area contributed by atoms with Gasteiger partial charge < -0.3 is 9.88 Å². The average molecular weight is 390 g/mol. The molecule has 0 bridgehead atoms. The lowest BCUT2D eigenvalue weighted by atomic mass is 10.2. The fourth-order valence-electron chi connectivity index (χ4n) is 3.01. The molecule has 0 saturated carbocycles. The average Bonchev–Trinajstić information content (AvgIpc) is 3.41. The van der Waals surface area contributed by atoms with Gasteiger partial charge in [-0.1, -0.05) is 23.9 Å². The third-order valence-corrected chi connectivity index (χ3v) is 6.99. The summed E-state index contributed by atoms with van der Waals surface area (Å²) in [5.41, 5.74) is 2.02. The summed E-state index contributed by atoms with van der Waals surface area (Å²) in [5.74, 6) is 0.217. The Bertz CT molecular complexity index is 781. The lowest BCUT2D eigenvalue weighted by molar-refractivity contribution is -0.129. The minimum Gasteiger partial charge on any atom is -0.342 e. The first-order valence-electron chi connectivity index (χ1n) is 8.35. The quantitative estimate of drug-likeness (QED) is 0.627. The normalized spacial score (nSPS) is 15.6. The SMILES string of the molecule is CC(Sc1nc(-c2cccs2)c(-c2cccs2)[nH]1)C(=O)N1CCCC1. The molecule has 4 heterocycles. The highest BCUT2D eigenvalue weighted by Gasteiger charge is 2.25. The van der Waals surface area contributed by atoms with Gasteiger partial charge in [0, 0.05) is 13.1 Å². The summed E-state index contributed by atoms with van der Waals surface area (Å²) in [5, 5.41) is 4.82. The van der Waals surface area contributed by atoms with E-state index in [1.54, 1.807) is 22.7 Å². The van der Waals surface area contributed by atoms with Crippen LogP contribution in [0.15, 0.2) is 40.2 Å². The maximum atomic E-state index is 12.6. The molecule has 1 atom stereocenters. The van der Waals surface area contributed by atoms with E-state index in [1.807, 2.05) is 24.0 Å². The molecule has 4 nitrogen and oxygen atoms in total. The topological polar surface area (TPSA) is 49.0 Å². The Balaban J connectivity index is 1.60. The van der Waals surface area contributed by atoms with Crippen molar-refractivity contribution in [1.82, 2.24) is 14.9 Å². The lowest BCUT2D eigenvalue weighted by Crippen LogP contribution is -2.34. The van der Waals surface area contributed by atoms with Crippen molar-refractivity contribution in [3.05, 3.63) is 35.0 Å². The maximum Gasteiger partial charge on any atom is 0.235 e. The van der Waals surface area contributed by atoms with Crippen molar-refractivity contribution in [2.45, 2.75) is 30.2 Å². The van der Waals surface area contributed by atoms with Crippen LogP contribution < -0.4 is 0 Å². The number of imidazole rings is 1. The second-order valence-corrected chi connectivity index (χ2v) is 9.24. The second kappa shape index (κ2) is 7.35. The first-order valence-corrected chi connectivity index (χ1v) is 11.0. The van der Waals surface area contributed by atoms with E-state index in [9.17, 15) is 4.79 Å². The highest BCUT2D eigenvalue weighted by molar-refractivity contribution is 8.00. The van der Waals surface area contributed by atoms with Crippen LogP contribution in [0.3, 0.4) is 0 Å². The summed E-state index contributed by atoms with van der Waals surface area (Å²) >= 11 is 4.90. The zero-order valence-corrected chi connectivity index (χ0v) is 16.3. The van der Waals surface area contributed by atoms with Gasteiger partial charge in [0.1, 0.15) is 5.69 Å². The van der Waals surface area contributed by atoms with E-state index in [1.165, 1.54) is 16.6 Å². The summed E-state index contributed by atoms with van der Waals surface area (Å²) in [6.45, 7) is 3.76. The number of hydrogen-bond acceptors (Lipinski definition) is 5. The van der Waals surface area contributed by atoms with Gasteiger partial charge in [0.05, 0.1) is 20.7 Å². The number of amides is 1. The third kappa shape index (κ3) is 3.54. The monoisotopic (exact) mass is 389 g/mol. The van der Waals surface area contributed by atoms with E-state index in [4.69, 9.17) is 4.98 Å². The molecule has 4 rings (SSSR count). The summed E-state index contributed by atoms with van der Waals surface area (Å²) in [4.78, 5) is 25.1. The molecule has 7 heteroatoms. The molecule has 3 aromatic heterocycles. The predicted octanol–water partition coefficient (Wildman–Crippen LogP) is 4.97. The summed E-state index contributed by atoms with van der Waals surface area (Å²) < 4.78 is 0. The zero-order valence-electron chi connectivity index (χ0n) is 13.9. The number of thiophene rings is 2. The fourth-order valence-corrected chi connectivity index (χ4v) is 5.35. The number of rotatable bonds is 5. The molecule has 1 aliphatic rings. The van der Waals surface area contributed by atoms with Gasteiger partial charge in [-0.05, 0) is 42.7 Å². The fraction of sp³-hybridized carbons (Fsp3) is 0.333. The van der Waals surface area contributed by atoms with E-state index < -0.39 is 0 Å². The molecule has 0 aromatic carbocycles. The molecule has 25 heavy (non-hydrogen) atoms. The van der Waals surface area contributed by atoms with E-state index in [0.29, 0.717) is 0 Å². The number of carbonyl (C=O) groups is 1. The van der Waals surface area contributed by atoms with Crippen LogP contribution in [0.1, 0.15) is 19.8 Å². The standard InChI is InChI=1S/C18H19N3OS3/c1-12(17(22)21-8-2-3-9-21)25-18-19-15(13-6-4-10-23-13)16(20-18)14-7-5-11-24-14/h4-7,10-12H,2-3,8-9H2,1H3,(H,19,20). The van der Waals surface area contributed by atoms with Crippen LogP contribution in [0, 0.1) is 0 Å². The van der Waals surface area contributed by atoms with E-state index in [-0.39, 0.29) is 11.2 Å². The number of hydrogen-bond donors (Lipinski definition) is 1. The second-order valence-electron chi connectivity index (χ2n) is 6.01. The summed E-state index contributed by atoms with van der Waals surface area (Å²) in [7, 11) is 0. The molecule has 1 aliphatic heterocycles. The van der Waals surface area contributed by atoms with Crippen LogP contribution in [0.2, 0.25) is 0 Å². The van der Waals surface area contributed by atoms with Crippen molar-refractivity contribution in [3.63, 3.8) is 0 Å². The van der Waals surface area contributed by atoms with Crippen LogP contribution >= 0.6 is 34.4 Å². The van der Waals surface area contributed by atoms with Gasteiger partial charge in [-0.3, -0.25) is 4.79 Å². The van der Waals surface area contributed by atoms with Crippen molar-refractivity contribution in [2.75, 3.05) is 13.1 Å². The van der Waals surface area contributed by atoms with Gasteiger partial charge in [-0.25, -0.2) is 4.98 Å². The first kappa shape index (κ1) is 16.9. The molecular weight excluding hydrogens is 370 g/mol. The molecule has 1 unspecified atom stereocenters. The Labute approximate surface area is 159 Å². The Morgan fingerprint density at radius 2 is 1.88 bits per heavy atom. The van der Waals surface area contributed by atoms with Gasteiger partial charge in [0.2, 0.25) is 5.91 Å². The number of carbonyl (C=O) groups excluding carboxylic acids is 1. The van der Waals surface area contributed by atoms with E-state index >= 15 is 0 Å². The summed E-state index contributed by atoms with van der Waals surface area (Å²) in [6.07, 6.45) is 2.24. The number of aromatic nitrogens is 2. The van der Waals surface area contributed by atoms with Crippen LogP contribution in [0.4, 0.5) is 0 Å². The van der Waals surface area contributed by atoms with E-state index in [2.05, 4.69) is 27.9 Å². The Morgan fingerprint density at radius 1 is 1.20 bits per heavy atom. The molecule has 3 aromatic rings. The van der Waals surface area contributed by atoms with Crippen molar-refractivity contribution in [1.29, 1.82) is 0 Å². The van der Waals surface area contributed by atoms with Crippen LogP contribution in [-0.2, 0) is 4.79 Å². The van der Waals surface area contributed by atoms with Gasteiger partial charge in [-0.2, -0.15) is 0 Å². The molecule has 1 saturated heterocycles. The molecule has 1 amide bonds. The van der Waals surface area contributed by atoms with Gasteiger partial charge in [0.25, 0.3) is 0 Å². The molecule has 1 fully saturated rings. The van der Waals surface area contributed by atoms with Crippen molar-refractivity contribution >= 4 is 40.3 Å². The summed E-state index contributed by atoms with van der Waals surface area (Å²) in [6, 6.07) is 8.28. The highest BCUT2D eigenvalue weighted by Crippen LogP contribution is 2.37. The molecule has 130 valence electrons. The Hall–Kier alpha value is -1.57. The van der Waals surface area contributed by atoms with Gasteiger partial charge in [0.15, 0.2) is 5.16 Å². The lowest BCUT2D eigenvalue weighted by Gasteiger charge is -2.19. The first-order chi connectivity index (χ1) is 12.2. The number of H-pyrrole nitrogens is 1. The largest absolute Gasteiger partial charge is 0.342 e. The highest BCUT2D eigenvalue weighted by atomic mass is 32.2. The Morgan fingerprint density at radius 3 is 2.52 bits per heavy atom. The predicted molar refractivity (Wildman–Crippen MR) is 106 cm³/mol. The van der Waals surface area contributed by atoms with Crippen molar-refractivity contribution in [2.24, 2.45) is 0 Å². The van der Waals surface area contributed by atoms with Crippen LogP contribution in [0.5, 0.6) is 0 Å². The minimum absolute atomic E-state index is 0.128. The molecule has 0 aliphatic carbocycles. The molecule has 0 spiro atoms. The number of nitrogens with zero attached hydrogens (tertiary/aromatic N) is 2. The third-order valence-electron chi connectivity index (χ3n) is 4.26. The number of likely N-dealkylation sites (tertiary alicyclic amines) is 1. The molecular formula is C18H19N3OS3. The number of nitrogens with one attached hydrogen (secondary N) is 1. The minimum atomic E-state index is -0.128.